The zero-order valence-electron chi connectivity index (χ0n) is 10.2. The van der Waals surface area contributed by atoms with Gasteiger partial charge < -0.3 is 10.7 Å². The molecule has 4 heteroatoms. The molecule has 0 saturated heterocycles. The molecule has 1 aromatic carbocycles. The summed E-state index contributed by atoms with van der Waals surface area (Å²) in [6.07, 6.45) is 0. The van der Waals surface area contributed by atoms with Gasteiger partial charge in [0.25, 0.3) is 0 Å². The molecule has 2 N–H and O–H groups in total. The molecule has 3 rings (SSSR count). The Morgan fingerprint density at radius 1 is 1.22 bits per heavy atom. The molecule has 0 saturated carbocycles. The molecule has 2 aliphatic rings. The van der Waals surface area contributed by atoms with Crippen LogP contribution in [0.3, 0.4) is 0 Å². The van der Waals surface area contributed by atoms with E-state index in [2.05, 4.69) is 16.4 Å². The Hall–Kier alpha value is -1.94. The van der Waals surface area contributed by atoms with Gasteiger partial charge >= 0.3 is 0 Å². The predicted molar refractivity (Wildman–Crippen MR) is 76.4 cm³/mol. The fraction of sp³-hybridized carbons (Fsp3) is 0.143. The van der Waals surface area contributed by atoms with E-state index in [-0.39, 0.29) is 0 Å². The van der Waals surface area contributed by atoms with Crippen LogP contribution in [0.2, 0.25) is 0 Å². The van der Waals surface area contributed by atoms with E-state index in [1.807, 2.05) is 38.2 Å². The van der Waals surface area contributed by atoms with Crippen molar-refractivity contribution in [2.75, 3.05) is 12.4 Å². The van der Waals surface area contributed by atoms with Crippen LogP contribution < -0.4 is 10.7 Å². The molecular formula is C14H13N3S. The van der Waals surface area contributed by atoms with Crippen molar-refractivity contribution in [3.8, 4) is 10.6 Å². The van der Waals surface area contributed by atoms with E-state index in [0.717, 1.165) is 32.0 Å². The van der Waals surface area contributed by atoms with Crippen LogP contribution in [0.1, 0.15) is 5.56 Å². The van der Waals surface area contributed by atoms with E-state index < -0.39 is 0 Å². The number of fused-ring (bicyclic) bond motifs is 2. The third-order valence-electron chi connectivity index (χ3n) is 3.02. The van der Waals surface area contributed by atoms with Gasteiger partial charge in [0.1, 0.15) is 0 Å². The quantitative estimate of drug-likeness (QED) is 0.656. The van der Waals surface area contributed by atoms with Crippen molar-refractivity contribution in [1.29, 1.82) is 5.41 Å². The molecule has 0 aromatic heterocycles. The first-order chi connectivity index (χ1) is 8.67. The van der Waals surface area contributed by atoms with Crippen LogP contribution in [-0.2, 0) is 0 Å². The lowest BCUT2D eigenvalue weighted by molar-refractivity contribution is 1.20. The smallest absolute Gasteiger partial charge is 0.0813 e. The van der Waals surface area contributed by atoms with Gasteiger partial charge in [0.2, 0.25) is 0 Å². The fourth-order valence-corrected chi connectivity index (χ4v) is 2.96. The van der Waals surface area contributed by atoms with Crippen LogP contribution in [0, 0.1) is 12.3 Å². The Kier molecular flexibility index (Phi) is 2.52. The maximum atomic E-state index is 7.85. The van der Waals surface area contributed by atoms with Gasteiger partial charge in [0.05, 0.1) is 26.1 Å². The normalized spacial score (nSPS) is 11.0. The summed E-state index contributed by atoms with van der Waals surface area (Å²) in [5.41, 5.74) is 4.02. The van der Waals surface area contributed by atoms with Crippen LogP contribution in [0.15, 0.2) is 30.3 Å². The van der Waals surface area contributed by atoms with Gasteiger partial charge in [-0.25, -0.2) is 4.98 Å². The second kappa shape index (κ2) is 4.07. The van der Waals surface area contributed by atoms with Crippen LogP contribution in [0.4, 0.5) is 5.69 Å². The average molecular weight is 255 g/mol. The molecule has 90 valence electrons. The molecule has 1 aliphatic heterocycles. The van der Waals surface area contributed by atoms with Crippen LogP contribution in [0.5, 0.6) is 0 Å². The highest BCUT2D eigenvalue weighted by Crippen LogP contribution is 2.31. The largest absolute Gasteiger partial charge is 0.388 e. The molecule has 0 bridgehead atoms. The number of aromatic nitrogens is 1. The van der Waals surface area contributed by atoms with E-state index in [1.54, 1.807) is 11.3 Å². The van der Waals surface area contributed by atoms with Crippen molar-refractivity contribution in [3.05, 3.63) is 41.3 Å². The SMILES string of the molecule is CNc1ccc2nc3cc(C)c(=N)cc-3sc2c1. The third kappa shape index (κ3) is 1.75. The number of aryl methyl sites for hydroxylation is 1. The van der Waals surface area contributed by atoms with Gasteiger partial charge in [0, 0.05) is 12.7 Å². The van der Waals surface area contributed by atoms with E-state index in [0.29, 0.717) is 5.36 Å². The van der Waals surface area contributed by atoms with Crippen LogP contribution in [0.25, 0.3) is 20.8 Å². The van der Waals surface area contributed by atoms with Crippen molar-refractivity contribution in [3.63, 3.8) is 0 Å². The fourth-order valence-electron chi connectivity index (χ4n) is 1.93. The molecule has 1 aliphatic carbocycles. The lowest BCUT2D eigenvalue weighted by Gasteiger charge is -2.08. The van der Waals surface area contributed by atoms with Gasteiger partial charge in [-0.05, 0) is 42.8 Å². The summed E-state index contributed by atoms with van der Waals surface area (Å²) >= 11 is 1.68. The Balaban J connectivity index is 2.37. The number of benzene rings is 2. The van der Waals surface area contributed by atoms with E-state index in [9.17, 15) is 0 Å². The second-order valence-corrected chi connectivity index (χ2v) is 5.37. The summed E-state index contributed by atoms with van der Waals surface area (Å²) in [7, 11) is 1.91. The number of hydrogen-bond acceptors (Lipinski definition) is 4. The molecular weight excluding hydrogens is 242 g/mol. The maximum absolute atomic E-state index is 7.85. The molecule has 18 heavy (non-hydrogen) atoms. The summed E-state index contributed by atoms with van der Waals surface area (Å²) in [6, 6.07) is 10.0. The first-order valence-corrected chi connectivity index (χ1v) is 6.56. The Morgan fingerprint density at radius 3 is 2.83 bits per heavy atom. The van der Waals surface area contributed by atoms with Crippen molar-refractivity contribution in [1.82, 2.24) is 4.98 Å². The minimum absolute atomic E-state index is 0.574. The number of hydrogen-bond donors (Lipinski definition) is 2. The van der Waals surface area contributed by atoms with Crippen LogP contribution >= 0.6 is 11.3 Å². The molecule has 0 atom stereocenters. The topological polar surface area (TPSA) is 48.8 Å². The zero-order valence-corrected chi connectivity index (χ0v) is 11.1. The second-order valence-electron chi connectivity index (χ2n) is 4.28. The number of rotatable bonds is 1. The summed E-state index contributed by atoms with van der Waals surface area (Å²) in [4.78, 5) is 5.72. The predicted octanol–water partition coefficient (Wildman–Crippen LogP) is 3.23. The molecule has 0 fully saturated rings. The summed E-state index contributed by atoms with van der Waals surface area (Å²) < 4.78 is 1.14. The third-order valence-corrected chi connectivity index (χ3v) is 4.11. The van der Waals surface area contributed by atoms with Gasteiger partial charge in [-0.3, -0.25) is 0 Å². The highest BCUT2D eigenvalue weighted by atomic mass is 32.1. The minimum Gasteiger partial charge on any atom is -0.388 e. The lowest BCUT2D eigenvalue weighted by Crippen LogP contribution is -2.04. The molecule has 1 heterocycles. The van der Waals surface area contributed by atoms with Gasteiger partial charge in [-0.2, -0.15) is 0 Å². The lowest BCUT2D eigenvalue weighted by atomic mass is 10.1. The molecule has 0 amide bonds. The average Bonchev–Trinajstić information content (AvgIpc) is 2.37. The molecule has 1 aromatic rings. The Labute approximate surface area is 109 Å². The van der Waals surface area contributed by atoms with Crippen molar-refractivity contribution in [2.24, 2.45) is 0 Å². The van der Waals surface area contributed by atoms with Gasteiger partial charge in [0.15, 0.2) is 0 Å². The van der Waals surface area contributed by atoms with Gasteiger partial charge in [-0.15, -0.1) is 11.3 Å². The van der Waals surface area contributed by atoms with Crippen LogP contribution in [-0.4, -0.2) is 12.0 Å². The number of nitrogens with zero attached hydrogens (tertiary/aromatic N) is 1. The molecule has 3 nitrogen and oxygen atoms in total. The molecule has 0 unspecified atom stereocenters. The van der Waals surface area contributed by atoms with Crippen molar-refractivity contribution in [2.45, 2.75) is 6.92 Å². The van der Waals surface area contributed by atoms with E-state index in [4.69, 9.17) is 5.41 Å². The summed E-state index contributed by atoms with van der Waals surface area (Å²) in [5, 5.41) is 11.6. The first-order valence-electron chi connectivity index (χ1n) is 5.75. The van der Waals surface area contributed by atoms with E-state index in [1.165, 1.54) is 0 Å². The number of anilines is 1. The van der Waals surface area contributed by atoms with Crippen molar-refractivity contribution < 1.29 is 0 Å². The minimum atomic E-state index is 0.574. The molecule has 0 radical (unpaired) electrons. The highest BCUT2D eigenvalue weighted by molar-refractivity contribution is 7.21. The number of nitrogens with one attached hydrogen (secondary N) is 2. The van der Waals surface area contributed by atoms with E-state index >= 15 is 0 Å². The van der Waals surface area contributed by atoms with Crippen molar-refractivity contribution >= 4 is 27.2 Å². The van der Waals surface area contributed by atoms with Gasteiger partial charge in [-0.1, -0.05) is 0 Å². The monoisotopic (exact) mass is 255 g/mol. The summed E-state index contributed by atoms with van der Waals surface area (Å²) in [6.45, 7) is 1.95. The summed E-state index contributed by atoms with van der Waals surface area (Å²) in [5.74, 6) is 0. The standard InChI is InChI=1S/C14H13N3S/c1-8-5-12-14(7-10(8)15)18-13-6-9(16-2)3-4-11(13)17-12/h3-7,15-16H,1-2H3. The first kappa shape index (κ1) is 11.2. The molecule has 0 spiro atoms. The maximum Gasteiger partial charge on any atom is 0.0813 e. The Bertz CT molecular complexity index is 761. The zero-order chi connectivity index (χ0) is 12.7. The highest BCUT2D eigenvalue weighted by Gasteiger charge is 2.08. The Morgan fingerprint density at radius 2 is 2.06 bits per heavy atom.